The van der Waals surface area contributed by atoms with Crippen molar-refractivity contribution >= 4 is 34.4 Å². The summed E-state index contributed by atoms with van der Waals surface area (Å²) in [5, 5.41) is 12.0. The van der Waals surface area contributed by atoms with Gasteiger partial charge in [-0.25, -0.2) is 8.78 Å². The highest BCUT2D eigenvalue weighted by Gasteiger charge is 2.47. The number of nitrogens with one attached hydrogen (secondary N) is 1. The Labute approximate surface area is 219 Å². The molecular weight excluding hydrogens is 523 g/mol. The van der Waals surface area contributed by atoms with E-state index in [1.54, 1.807) is 37.3 Å². The van der Waals surface area contributed by atoms with Gasteiger partial charge in [0, 0.05) is 18.0 Å². The van der Waals surface area contributed by atoms with Crippen LogP contribution in [-0.4, -0.2) is 53.1 Å². The average Bonchev–Trinajstić information content (AvgIpc) is 3.20. The number of rotatable bonds is 6. The maximum atomic E-state index is 13.7. The number of pyridine rings is 1. The van der Waals surface area contributed by atoms with Gasteiger partial charge in [0.05, 0.1) is 30.2 Å². The van der Waals surface area contributed by atoms with E-state index in [2.05, 4.69) is 15.0 Å². The van der Waals surface area contributed by atoms with Crippen molar-refractivity contribution in [1.29, 1.82) is 5.26 Å². The third-order valence-electron chi connectivity index (χ3n) is 6.08. The molecule has 1 aliphatic rings. The van der Waals surface area contributed by atoms with E-state index < -0.39 is 49.7 Å². The summed E-state index contributed by atoms with van der Waals surface area (Å²) >= 11 is 0. The van der Waals surface area contributed by atoms with Gasteiger partial charge in [0.2, 0.25) is 5.91 Å². The van der Waals surface area contributed by atoms with Crippen molar-refractivity contribution in [2.24, 2.45) is 0 Å². The van der Waals surface area contributed by atoms with Crippen molar-refractivity contribution in [3.63, 3.8) is 0 Å². The van der Waals surface area contributed by atoms with E-state index in [0.29, 0.717) is 22.0 Å². The monoisotopic (exact) mass is 544 g/mol. The van der Waals surface area contributed by atoms with Crippen molar-refractivity contribution in [2.45, 2.75) is 31.7 Å². The van der Waals surface area contributed by atoms with Crippen LogP contribution < -0.4 is 10.1 Å². The Kier molecular flexibility index (Phi) is 7.53. The summed E-state index contributed by atoms with van der Waals surface area (Å²) in [6.45, 7) is 0.317. The van der Waals surface area contributed by atoms with E-state index in [0.717, 1.165) is 10.5 Å². The van der Waals surface area contributed by atoms with Crippen LogP contribution in [0.5, 0.6) is 5.75 Å². The van der Waals surface area contributed by atoms with Crippen molar-refractivity contribution in [3.8, 4) is 11.8 Å². The van der Waals surface area contributed by atoms with E-state index in [-0.39, 0.29) is 11.3 Å². The number of hydrogen-bond acceptors (Lipinski definition) is 5. The Morgan fingerprint density at radius 2 is 1.92 bits per heavy atom. The molecule has 39 heavy (non-hydrogen) atoms. The van der Waals surface area contributed by atoms with Crippen molar-refractivity contribution in [1.82, 2.24) is 15.2 Å². The third-order valence-corrected chi connectivity index (χ3v) is 6.08. The molecule has 4 rings (SSSR count). The molecule has 0 aliphatic carbocycles. The fourth-order valence-corrected chi connectivity index (χ4v) is 4.25. The molecule has 0 spiro atoms. The highest BCUT2D eigenvalue weighted by atomic mass is 19.4. The second kappa shape index (κ2) is 10.7. The fourth-order valence-electron chi connectivity index (χ4n) is 4.25. The summed E-state index contributed by atoms with van der Waals surface area (Å²) in [6.07, 6.45) is -2.35. The number of likely N-dealkylation sites (tertiary alicyclic amines) is 1. The third kappa shape index (κ3) is 6.67. The van der Waals surface area contributed by atoms with Crippen LogP contribution in [0.3, 0.4) is 0 Å². The Morgan fingerprint density at radius 3 is 2.59 bits per heavy atom. The molecule has 2 aromatic carbocycles. The number of carbonyl (C=O) groups is 2. The first kappa shape index (κ1) is 27.5. The zero-order valence-electron chi connectivity index (χ0n) is 20.4. The van der Waals surface area contributed by atoms with Gasteiger partial charge in [-0.05, 0) is 54.0 Å². The van der Waals surface area contributed by atoms with Crippen LogP contribution in [0, 0.1) is 11.3 Å². The Bertz CT molecular complexity index is 1480. The molecule has 1 N–H and O–H groups in total. The number of carbonyl (C=O) groups excluding carboxylic acids is 2. The molecule has 2 heterocycles. The summed E-state index contributed by atoms with van der Waals surface area (Å²) in [5.74, 6) is -4.93. The number of fused-ring (bicyclic) bond motifs is 1. The number of nitrogens with zero attached hydrogens (tertiary/aromatic N) is 3. The second-order valence-corrected chi connectivity index (χ2v) is 8.94. The zero-order valence-corrected chi connectivity index (χ0v) is 20.4. The molecular formula is C27H21F5N4O3. The quantitative estimate of drug-likeness (QED) is 0.341. The summed E-state index contributed by atoms with van der Waals surface area (Å²) in [7, 11) is 0. The minimum atomic E-state index is -4.79. The van der Waals surface area contributed by atoms with Crippen molar-refractivity contribution in [3.05, 3.63) is 71.4 Å². The van der Waals surface area contributed by atoms with E-state index in [1.165, 1.54) is 36.5 Å². The molecule has 7 nitrogen and oxygen atoms in total. The molecule has 1 saturated heterocycles. The first-order valence-corrected chi connectivity index (χ1v) is 11.6. The number of hydrogen-bond donors (Lipinski definition) is 1. The molecule has 12 heteroatoms. The number of aromatic nitrogens is 1. The van der Waals surface area contributed by atoms with Gasteiger partial charge in [-0.2, -0.15) is 5.26 Å². The van der Waals surface area contributed by atoms with Gasteiger partial charge in [0.25, 0.3) is 11.8 Å². The lowest BCUT2D eigenvalue weighted by Gasteiger charge is -2.19. The van der Waals surface area contributed by atoms with E-state index in [1.807, 2.05) is 0 Å². The van der Waals surface area contributed by atoms with Crippen LogP contribution in [0.4, 0.5) is 22.0 Å². The molecule has 1 unspecified atom stereocenters. The maximum Gasteiger partial charge on any atom is 0.573 e. The number of allylic oxidation sites excluding steroid dienone is 1. The van der Waals surface area contributed by atoms with Gasteiger partial charge < -0.3 is 15.0 Å². The van der Waals surface area contributed by atoms with Crippen molar-refractivity contribution < 1.29 is 36.3 Å². The number of alkyl halides is 5. The van der Waals surface area contributed by atoms with Gasteiger partial charge in [-0.15, -0.1) is 13.2 Å². The Hall–Kier alpha value is -4.53. The number of ether oxygens (including phenoxy) is 1. The average molecular weight is 544 g/mol. The van der Waals surface area contributed by atoms with Crippen LogP contribution in [-0.2, 0) is 4.79 Å². The van der Waals surface area contributed by atoms with Crippen LogP contribution in [0.2, 0.25) is 0 Å². The molecule has 202 valence electrons. The molecule has 1 atom stereocenters. The van der Waals surface area contributed by atoms with E-state index in [4.69, 9.17) is 5.26 Å². The normalized spacial score (nSPS) is 17.1. The highest BCUT2D eigenvalue weighted by molar-refractivity contribution is 6.07. The summed E-state index contributed by atoms with van der Waals surface area (Å²) < 4.78 is 68.4. The molecule has 0 bridgehead atoms. The largest absolute Gasteiger partial charge is 0.573 e. The molecule has 0 saturated carbocycles. The van der Waals surface area contributed by atoms with E-state index in [9.17, 15) is 31.5 Å². The number of nitriles is 1. The molecule has 0 radical (unpaired) electrons. The predicted octanol–water partition coefficient (Wildman–Crippen LogP) is 5.18. The lowest BCUT2D eigenvalue weighted by atomic mass is 10.0. The molecule has 2 amide bonds. The standard InChI is InChI=1S/C27H21F5N4O3/c1-16(18-3-5-20(6-4-18)39-27(30,31)32)10-17-2-7-23-22(11-17)21(8-9-34-23)25(38)35-14-24(37)36-15-26(28,29)12-19(36)13-33/h2-11,19H,12,14-15H2,1H3,(H,35,38). The van der Waals surface area contributed by atoms with Gasteiger partial charge in [-0.1, -0.05) is 24.3 Å². The molecule has 1 fully saturated rings. The minimum absolute atomic E-state index is 0.193. The molecule has 1 aromatic heterocycles. The van der Waals surface area contributed by atoms with Gasteiger partial charge >= 0.3 is 6.36 Å². The van der Waals surface area contributed by atoms with Gasteiger partial charge in [0.1, 0.15) is 11.8 Å². The first-order chi connectivity index (χ1) is 18.3. The summed E-state index contributed by atoms with van der Waals surface area (Å²) in [6, 6.07) is 12.4. The smallest absolute Gasteiger partial charge is 0.406 e. The Morgan fingerprint density at radius 1 is 1.21 bits per heavy atom. The van der Waals surface area contributed by atoms with Gasteiger partial charge in [-0.3, -0.25) is 14.6 Å². The lowest BCUT2D eigenvalue weighted by molar-refractivity contribution is -0.274. The minimum Gasteiger partial charge on any atom is -0.406 e. The van der Waals surface area contributed by atoms with Crippen LogP contribution in [0.1, 0.15) is 34.8 Å². The predicted molar refractivity (Wildman–Crippen MR) is 131 cm³/mol. The van der Waals surface area contributed by atoms with Crippen molar-refractivity contribution in [2.75, 3.05) is 13.1 Å². The Balaban J connectivity index is 1.51. The topological polar surface area (TPSA) is 95.3 Å². The zero-order chi connectivity index (χ0) is 28.4. The summed E-state index contributed by atoms with van der Waals surface area (Å²) in [5.41, 5.74) is 2.72. The summed E-state index contributed by atoms with van der Waals surface area (Å²) in [4.78, 5) is 30.4. The highest BCUT2D eigenvalue weighted by Crippen LogP contribution is 2.32. The first-order valence-electron chi connectivity index (χ1n) is 11.6. The number of amides is 2. The number of halogens is 5. The van der Waals surface area contributed by atoms with Crippen LogP contribution in [0.15, 0.2) is 54.7 Å². The molecule has 1 aliphatic heterocycles. The number of benzene rings is 2. The fraction of sp³-hybridized carbons (Fsp3) is 0.259. The SMILES string of the molecule is CC(=Cc1ccc2nccc(C(=O)NCC(=O)N3CC(F)(F)CC3C#N)c2c1)c1ccc(OC(F)(F)F)cc1. The van der Waals surface area contributed by atoms with E-state index >= 15 is 0 Å². The van der Waals surface area contributed by atoms with Gasteiger partial charge in [0.15, 0.2) is 0 Å². The maximum absolute atomic E-state index is 13.7. The lowest BCUT2D eigenvalue weighted by Crippen LogP contribution is -2.43. The van der Waals surface area contributed by atoms with Crippen LogP contribution in [0.25, 0.3) is 22.6 Å². The molecule has 3 aromatic rings. The second-order valence-electron chi connectivity index (χ2n) is 8.94. The van der Waals surface area contributed by atoms with Crippen LogP contribution >= 0.6 is 0 Å².